The van der Waals surface area contributed by atoms with Crippen molar-refractivity contribution in [3.05, 3.63) is 0 Å². The Kier molecular flexibility index (Phi) is 5.45. The molecule has 0 spiro atoms. The van der Waals surface area contributed by atoms with Crippen molar-refractivity contribution in [2.45, 2.75) is 71.9 Å². The van der Waals surface area contributed by atoms with Crippen LogP contribution in [0.2, 0.25) is 0 Å². The molecule has 0 aliphatic heterocycles. The number of hydrogen-bond donors (Lipinski definition) is 0. The van der Waals surface area contributed by atoms with Crippen molar-refractivity contribution in [2.24, 2.45) is 17.3 Å². The van der Waals surface area contributed by atoms with E-state index in [1.165, 1.54) is 0 Å². The fourth-order valence-corrected chi connectivity index (χ4v) is 2.89. The zero-order chi connectivity index (χ0) is 14.7. The van der Waals surface area contributed by atoms with Gasteiger partial charge >= 0.3 is 6.18 Å². The van der Waals surface area contributed by atoms with Gasteiger partial charge in [-0.25, -0.2) is 0 Å². The summed E-state index contributed by atoms with van der Waals surface area (Å²) in [7, 11) is 0. The summed E-state index contributed by atoms with van der Waals surface area (Å²) in [6, 6.07) is 0. The first-order chi connectivity index (χ1) is 8.61. The second kappa shape index (κ2) is 6.27. The van der Waals surface area contributed by atoms with E-state index < -0.39 is 18.0 Å². The van der Waals surface area contributed by atoms with Gasteiger partial charge in [0.25, 0.3) is 0 Å². The summed E-state index contributed by atoms with van der Waals surface area (Å²) in [5.41, 5.74) is 0.135. The van der Waals surface area contributed by atoms with E-state index in [-0.39, 0.29) is 17.6 Å². The van der Waals surface area contributed by atoms with Gasteiger partial charge in [-0.3, -0.25) is 4.79 Å². The molecule has 0 N–H and O–H groups in total. The topological polar surface area (TPSA) is 17.1 Å². The highest BCUT2D eigenvalue weighted by Crippen LogP contribution is 2.42. The molecule has 1 fully saturated rings. The maximum atomic E-state index is 12.9. The number of halogens is 3. The zero-order valence-electron chi connectivity index (χ0n) is 12.1. The fourth-order valence-electron chi connectivity index (χ4n) is 2.89. The van der Waals surface area contributed by atoms with Gasteiger partial charge < -0.3 is 0 Å². The van der Waals surface area contributed by atoms with Crippen LogP contribution in [0.4, 0.5) is 13.2 Å². The maximum absolute atomic E-state index is 12.9. The van der Waals surface area contributed by atoms with E-state index in [1.54, 1.807) is 0 Å². The van der Waals surface area contributed by atoms with Gasteiger partial charge in [0.15, 0.2) is 0 Å². The number of hydrogen-bond acceptors (Lipinski definition) is 1. The predicted octanol–water partition coefficient (Wildman–Crippen LogP) is 5.14. The highest BCUT2D eigenvalue weighted by Gasteiger charge is 2.47. The second-order valence-electron chi connectivity index (χ2n) is 6.92. The molecule has 19 heavy (non-hydrogen) atoms. The molecule has 0 bridgehead atoms. The molecule has 0 radical (unpaired) electrons. The Hall–Kier alpha value is -0.540. The quantitative estimate of drug-likeness (QED) is 0.695. The molecular weight excluding hydrogens is 253 g/mol. The number of carbonyl (C=O) groups is 1. The largest absolute Gasteiger partial charge is 0.392 e. The first-order valence-corrected chi connectivity index (χ1v) is 7.21. The van der Waals surface area contributed by atoms with Crippen molar-refractivity contribution in [1.82, 2.24) is 0 Å². The van der Waals surface area contributed by atoms with Gasteiger partial charge in [0.1, 0.15) is 5.78 Å². The number of ketones is 1. The van der Waals surface area contributed by atoms with Crippen LogP contribution in [0.15, 0.2) is 0 Å². The van der Waals surface area contributed by atoms with E-state index >= 15 is 0 Å². The fraction of sp³-hybridized carbons (Fsp3) is 0.933. The molecule has 0 aromatic heterocycles. The second-order valence-corrected chi connectivity index (χ2v) is 6.92. The monoisotopic (exact) mass is 278 g/mol. The van der Waals surface area contributed by atoms with E-state index in [4.69, 9.17) is 0 Å². The van der Waals surface area contributed by atoms with Crippen LogP contribution in [0.3, 0.4) is 0 Å². The van der Waals surface area contributed by atoms with Crippen molar-refractivity contribution in [3.63, 3.8) is 0 Å². The number of carbonyl (C=O) groups excluding carboxylic acids is 1. The third-order valence-corrected chi connectivity index (χ3v) is 3.95. The highest BCUT2D eigenvalue weighted by atomic mass is 19.4. The summed E-state index contributed by atoms with van der Waals surface area (Å²) in [5.74, 6) is -2.36. The summed E-state index contributed by atoms with van der Waals surface area (Å²) < 4.78 is 38.7. The predicted molar refractivity (Wildman–Crippen MR) is 69.8 cm³/mol. The molecule has 2 atom stereocenters. The molecule has 1 rings (SSSR count). The van der Waals surface area contributed by atoms with Gasteiger partial charge in [-0.15, -0.1) is 0 Å². The molecule has 0 saturated heterocycles. The lowest BCUT2D eigenvalue weighted by Crippen LogP contribution is -2.37. The molecule has 4 heteroatoms. The van der Waals surface area contributed by atoms with Gasteiger partial charge in [0, 0.05) is 12.3 Å². The van der Waals surface area contributed by atoms with Crippen LogP contribution >= 0.6 is 0 Å². The SMILES string of the molecule is CC(C)(C)CCCC(=O)C1CCCCC1C(F)(F)F. The number of Topliss-reactive ketones (excluding diaryl/α,β-unsaturated/α-hetero) is 1. The Bertz CT molecular complexity index is 301. The Morgan fingerprint density at radius 2 is 1.68 bits per heavy atom. The van der Waals surface area contributed by atoms with E-state index in [2.05, 4.69) is 20.8 Å². The lowest BCUT2D eigenvalue weighted by Gasteiger charge is -2.32. The average Bonchev–Trinajstić information content (AvgIpc) is 2.26. The Labute approximate surface area is 114 Å². The highest BCUT2D eigenvalue weighted by molar-refractivity contribution is 5.81. The number of alkyl halides is 3. The van der Waals surface area contributed by atoms with Crippen LogP contribution < -0.4 is 0 Å². The summed E-state index contributed by atoms with van der Waals surface area (Å²) in [4.78, 5) is 12.0. The zero-order valence-corrected chi connectivity index (χ0v) is 12.1. The van der Waals surface area contributed by atoms with Crippen LogP contribution in [0, 0.1) is 17.3 Å². The third-order valence-electron chi connectivity index (χ3n) is 3.95. The van der Waals surface area contributed by atoms with Crippen LogP contribution in [0.5, 0.6) is 0 Å². The van der Waals surface area contributed by atoms with E-state index in [0.29, 0.717) is 25.7 Å². The Morgan fingerprint density at radius 1 is 1.11 bits per heavy atom. The first kappa shape index (κ1) is 16.5. The van der Waals surface area contributed by atoms with Gasteiger partial charge in [-0.2, -0.15) is 13.2 Å². The molecule has 0 aromatic rings. The van der Waals surface area contributed by atoms with Crippen LogP contribution in [-0.4, -0.2) is 12.0 Å². The van der Waals surface area contributed by atoms with Gasteiger partial charge in [-0.1, -0.05) is 33.6 Å². The Balaban J connectivity index is 2.53. The first-order valence-electron chi connectivity index (χ1n) is 7.21. The molecule has 112 valence electrons. The smallest absolute Gasteiger partial charge is 0.299 e. The van der Waals surface area contributed by atoms with Crippen molar-refractivity contribution >= 4 is 5.78 Å². The van der Waals surface area contributed by atoms with E-state index in [9.17, 15) is 18.0 Å². The normalized spacial score (nSPS) is 25.4. The van der Waals surface area contributed by atoms with Crippen molar-refractivity contribution in [2.75, 3.05) is 0 Å². The molecule has 0 aromatic carbocycles. The molecule has 1 nitrogen and oxygen atoms in total. The molecule has 1 aliphatic carbocycles. The summed E-state index contributed by atoms with van der Waals surface area (Å²) in [6.07, 6.45) is -0.458. The third kappa shape index (κ3) is 5.53. The lowest BCUT2D eigenvalue weighted by atomic mass is 9.75. The maximum Gasteiger partial charge on any atom is 0.392 e. The molecule has 0 heterocycles. The summed E-state index contributed by atoms with van der Waals surface area (Å²) >= 11 is 0. The lowest BCUT2D eigenvalue weighted by molar-refractivity contribution is -0.197. The molecule has 1 aliphatic rings. The number of rotatable bonds is 4. The van der Waals surface area contributed by atoms with E-state index in [1.807, 2.05) is 0 Å². The van der Waals surface area contributed by atoms with E-state index in [0.717, 1.165) is 12.8 Å². The summed E-state index contributed by atoms with van der Waals surface area (Å²) in [5, 5.41) is 0. The van der Waals surface area contributed by atoms with Crippen LogP contribution in [0.25, 0.3) is 0 Å². The minimum Gasteiger partial charge on any atom is -0.299 e. The molecule has 2 unspecified atom stereocenters. The van der Waals surface area contributed by atoms with Crippen LogP contribution in [0.1, 0.15) is 65.7 Å². The molecular formula is C15H25F3O. The van der Waals surface area contributed by atoms with Crippen molar-refractivity contribution < 1.29 is 18.0 Å². The van der Waals surface area contributed by atoms with Gasteiger partial charge in [0.05, 0.1) is 5.92 Å². The minimum atomic E-state index is -4.22. The average molecular weight is 278 g/mol. The Morgan fingerprint density at radius 3 is 2.21 bits per heavy atom. The van der Waals surface area contributed by atoms with Crippen molar-refractivity contribution in [1.29, 1.82) is 0 Å². The molecule has 0 amide bonds. The van der Waals surface area contributed by atoms with Gasteiger partial charge in [-0.05, 0) is 31.1 Å². The molecule has 1 saturated carbocycles. The van der Waals surface area contributed by atoms with Crippen LogP contribution in [-0.2, 0) is 4.79 Å². The van der Waals surface area contributed by atoms with Crippen molar-refractivity contribution in [3.8, 4) is 0 Å². The van der Waals surface area contributed by atoms with Gasteiger partial charge in [0.2, 0.25) is 0 Å². The minimum absolute atomic E-state index is 0.124. The summed E-state index contributed by atoms with van der Waals surface area (Å²) in [6.45, 7) is 6.24. The standard InChI is InChI=1S/C15H25F3O/c1-14(2,3)10-6-9-13(19)11-7-4-5-8-12(11)15(16,17)18/h11-12H,4-10H2,1-3H3.